The summed E-state index contributed by atoms with van der Waals surface area (Å²) in [5, 5.41) is 4.33. The maximum Gasteiger partial charge on any atom is 0.254 e. The van der Waals surface area contributed by atoms with E-state index in [1.165, 1.54) is 23.7 Å². The van der Waals surface area contributed by atoms with Crippen LogP contribution in [0.15, 0.2) is 44.5 Å². The van der Waals surface area contributed by atoms with Crippen LogP contribution < -0.4 is 5.32 Å². The summed E-state index contributed by atoms with van der Waals surface area (Å²) in [6.07, 6.45) is 3.42. The van der Waals surface area contributed by atoms with Gasteiger partial charge in [0.1, 0.15) is 15.5 Å². The molecule has 2 fully saturated rings. The van der Waals surface area contributed by atoms with Gasteiger partial charge in [0, 0.05) is 20.6 Å². The van der Waals surface area contributed by atoms with E-state index in [0.29, 0.717) is 25.1 Å². The second-order valence-electron chi connectivity index (χ2n) is 7.83. The van der Waals surface area contributed by atoms with Crippen LogP contribution in [0.4, 0.5) is 0 Å². The number of carbonyl (C=O) groups excluding carboxylic acids is 2. The summed E-state index contributed by atoms with van der Waals surface area (Å²) < 4.78 is 34.8. The van der Waals surface area contributed by atoms with Gasteiger partial charge in [-0.1, -0.05) is 6.07 Å². The molecule has 0 aromatic carbocycles. The number of likely N-dealkylation sites (N-methyl/N-ethyl adjacent to an activating group) is 1. The minimum Gasteiger partial charge on any atom is -0.468 e. The topological polar surface area (TPSA) is 99.9 Å². The Bertz CT molecular complexity index is 1020. The summed E-state index contributed by atoms with van der Waals surface area (Å²) in [6, 6.07) is 5.63. The van der Waals surface area contributed by atoms with Crippen molar-refractivity contribution in [3.8, 4) is 0 Å². The smallest absolute Gasteiger partial charge is 0.254 e. The number of hydrogen-bond acceptors (Lipinski definition) is 6. The SMILES string of the molecule is CNC(=O)[C@H]1C[C@]2(CCCCN(C)C2=O)N(S(=O)(=O)c2cccs2)[C@H]1c1ccco1. The highest BCUT2D eigenvalue weighted by Gasteiger charge is 2.64. The second-order valence-corrected chi connectivity index (χ2v) is 10.8. The Morgan fingerprint density at radius 3 is 2.73 bits per heavy atom. The van der Waals surface area contributed by atoms with Crippen molar-refractivity contribution in [2.24, 2.45) is 5.92 Å². The number of furan rings is 1. The Morgan fingerprint density at radius 2 is 2.10 bits per heavy atom. The van der Waals surface area contributed by atoms with Crippen molar-refractivity contribution < 1.29 is 22.4 Å². The normalized spacial score (nSPS) is 28.1. The summed E-state index contributed by atoms with van der Waals surface area (Å²) in [5.41, 5.74) is -1.33. The average molecular weight is 452 g/mol. The van der Waals surface area contributed by atoms with Crippen molar-refractivity contribution in [2.75, 3.05) is 20.6 Å². The van der Waals surface area contributed by atoms with Crippen molar-refractivity contribution in [2.45, 2.75) is 41.5 Å². The zero-order valence-corrected chi connectivity index (χ0v) is 18.5. The standard InChI is InChI=1S/C20H25N3O5S2/c1-21-18(24)14-13-20(9-3-4-10-22(2)19(20)25)23(17(14)15-7-5-11-28-15)30(26,27)16-8-6-12-29-16/h5-8,11-12,14,17H,3-4,9-10,13H2,1-2H3,(H,21,24)/t14-,17+,20-/m0/s1. The number of amides is 2. The highest BCUT2D eigenvalue weighted by Crippen LogP contribution is 2.53. The van der Waals surface area contributed by atoms with Gasteiger partial charge >= 0.3 is 0 Å². The molecule has 10 heteroatoms. The highest BCUT2D eigenvalue weighted by atomic mass is 32.2. The molecule has 0 radical (unpaired) electrons. The van der Waals surface area contributed by atoms with E-state index in [4.69, 9.17) is 4.42 Å². The van der Waals surface area contributed by atoms with E-state index < -0.39 is 27.5 Å². The van der Waals surface area contributed by atoms with Gasteiger partial charge in [-0.2, -0.15) is 4.31 Å². The third kappa shape index (κ3) is 3.17. The lowest BCUT2D eigenvalue weighted by molar-refractivity contribution is -0.139. The first-order valence-electron chi connectivity index (χ1n) is 9.91. The monoisotopic (exact) mass is 451 g/mol. The molecule has 2 aromatic heterocycles. The molecular formula is C20H25N3O5S2. The van der Waals surface area contributed by atoms with Crippen LogP contribution in [0.2, 0.25) is 0 Å². The van der Waals surface area contributed by atoms with Crippen LogP contribution in [0.5, 0.6) is 0 Å². The molecule has 8 nitrogen and oxygen atoms in total. The van der Waals surface area contributed by atoms with Crippen LogP contribution in [0.1, 0.15) is 37.5 Å². The highest BCUT2D eigenvalue weighted by molar-refractivity contribution is 7.91. The summed E-state index contributed by atoms with van der Waals surface area (Å²) >= 11 is 1.10. The fourth-order valence-electron chi connectivity index (χ4n) is 4.80. The van der Waals surface area contributed by atoms with Gasteiger partial charge in [-0.15, -0.1) is 11.3 Å². The Hall–Kier alpha value is -2.17. The number of rotatable bonds is 4. The molecule has 3 atom stereocenters. The number of likely N-dealkylation sites (tertiary alicyclic amines) is 1. The molecule has 1 spiro atoms. The molecule has 2 aromatic rings. The van der Waals surface area contributed by atoms with Gasteiger partial charge in [0.05, 0.1) is 18.2 Å². The van der Waals surface area contributed by atoms with Crippen molar-refractivity contribution in [3.63, 3.8) is 0 Å². The lowest BCUT2D eigenvalue weighted by Gasteiger charge is -2.38. The van der Waals surface area contributed by atoms with E-state index in [1.807, 2.05) is 0 Å². The van der Waals surface area contributed by atoms with Crippen LogP contribution >= 0.6 is 11.3 Å². The van der Waals surface area contributed by atoms with Gasteiger partial charge in [0.2, 0.25) is 11.8 Å². The van der Waals surface area contributed by atoms with Crippen LogP contribution in [0, 0.1) is 5.92 Å². The molecule has 2 aliphatic rings. The van der Waals surface area contributed by atoms with Gasteiger partial charge in [-0.05, 0) is 49.3 Å². The van der Waals surface area contributed by atoms with E-state index in [9.17, 15) is 18.0 Å². The van der Waals surface area contributed by atoms with Crippen molar-refractivity contribution in [3.05, 3.63) is 41.7 Å². The maximum absolute atomic E-state index is 13.9. The first kappa shape index (κ1) is 21.1. The molecular weight excluding hydrogens is 426 g/mol. The first-order valence-corrected chi connectivity index (χ1v) is 12.2. The van der Waals surface area contributed by atoms with E-state index in [2.05, 4.69) is 5.32 Å². The summed E-state index contributed by atoms with van der Waals surface area (Å²) in [4.78, 5) is 28.1. The molecule has 0 unspecified atom stereocenters. The predicted molar refractivity (Wildman–Crippen MR) is 111 cm³/mol. The fourth-order valence-corrected chi connectivity index (χ4v) is 7.84. The van der Waals surface area contributed by atoms with Gasteiger partial charge in [0.15, 0.2) is 0 Å². The van der Waals surface area contributed by atoms with Crippen LogP contribution in [0.25, 0.3) is 0 Å². The van der Waals surface area contributed by atoms with E-state index in [-0.39, 0.29) is 22.4 Å². The molecule has 2 aliphatic heterocycles. The molecule has 0 saturated carbocycles. The number of carbonyl (C=O) groups is 2. The summed E-state index contributed by atoms with van der Waals surface area (Å²) in [5.74, 6) is -0.950. The number of sulfonamides is 1. The zero-order valence-electron chi connectivity index (χ0n) is 16.9. The van der Waals surface area contributed by atoms with Crippen LogP contribution in [0.3, 0.4) is 0 Å². The van der Waals surface area contributed by atoms with Crippen molar-refractivity contribution in [1.29, 1.82) is 0 Å². The maximum atomic E-state index is 13.9. The molecule has 4 heterocycles. The summed E-state index contributed by atoms with van der Waals surface area (Å²) in [7, 11) is -0.847. The minimum atomic E-state index is -4.06. The van der Waals surface area contributed by atoms with Crippen LogP contribution in [-0.2, 0) is 19.6 Å². The van der Waals surface area contributed by atoms with Crippen LogP contribution in [-0.4, -0.2) is 55.6 Å². The Balaban J connectivity index is 1.97. The molecule has 0 aliphatic carbocycles. The van der Waals surface area contributed by atoms with Crippen molar-refractivity contribution in [1.82, 2.24) is 14.5 Å². The molecule has 2 saturated heterocycles. The molecule has 2 amide bonds. The second kappa shape index (κ2) is 7.82. The van der Waals surface area contributed by atoms with Crippen molar-refractivity contribution >= 4 is 33.2 Å². The number of nitrogens with one attached hydrogen (secondary N) is 1. The fraction of sp³-hybridized carbons (Fsp3) is 0.500. The zero-order chi connectivity index (χ0) is 21.5. The third-order valence-corrected chi connectivity index (χ3v) is 9.44. The Morgan fingerprint density at radius 1 is 1.30 bits per heavy atom. The Kier molecular flexibility index (Phi) is 5.50. The predicted octanol–water partition coefficient (Wildman–Crippen LogP) is 2.22. The lowest BCUT2D eigenvalue weighted by Crippen LogP contribution is -2.57. The number of hydrogen-bond donors (Lipinski definition) is 1. The number of nitrogens with zero attached hydrogens (tertiary/aromatic N) is 2. The van der Waals surface area contributed by atoms with E-state index >= 15 is 0 Å². The van der Waals surface area contributed by atoms with Gasteiger partial charge in [-0.25, -0.2) is 8.42 Å². The van der Waals surface area contributed by atoms with E-state index in [1.54, 1.807) is 35.5 Å². The lowest BCUT2D eigenvalue weighted by atomic mass is 9.86. The molecule has 1 N–H and O–H groups in total. The summed E-state index contributed by atoms with van der Waals surface area (Å²) in [6.45, 7) is 0.559. The minimum absolute atomic E-state index is 0.117. The quantitative estimate of drug-likeness (QED) is 0.768. The van der Waals surface area contributed by atoms with Gasteiger partial charge in [0.25, 0.3) is 10.0 Å². The molecule has 4 rings (SSSR count). The molecule has 162 valence electrons. The molecule has 0 bridgehead atoms. The first-order chi connectivity index (χ1) is 14.3. The Labute approximate surface area is 179 Å². The molecule has 30 heavy (non-hydrogen) atoms. The largest absolute Gasteiger partial charge is 0.468 e. The number of thiophene rings is 1. The van der Waals surface area contributed by atoms with E-state index in [0.717, 1.165) is 17.8 Å². The average Bonchev–Trinajstić information content (AvgIpc) is 3.47. The third-order valence-electron chi connectivity index (χ3n) is 6.12. The van der Waals surface area contributed by atoms with Gasteiger partial charge < -0.3 is 14.6 Å². The van der Waals surface area contributed by atoms with Gasteiger partial charge in [-0.3, -0.25) is 9.59 Å².